The largest absolute Gasteiger partial charge is 0.342 e. The van der Waals surface area contributed by atoms with Crippen molar-refractivity contribution >= 4 is 22.6 Å². The quantitative estimate of drug-likeness (QED) is 0.784. The summed E-state index contributed by atoms with van der Waals surface area (Å²) in [6, 6.07) is 11.2. The average Bonchev–Trinajstić information content (AvgIpc) is 2.84. The van der Waals surface area contributed by atoms with Crippen molar-refractivity contribution in [3.05, 3.63) is 59.7 Å². The molecule has 1 heterocycles. The highest BCUT2D eigenvalue weighted by atomic mass is 19.1. The number of rotatable bonds is 2. The second-order valence-corrected chi connectivity index (χ2v) is 4.90. The highest BCUT2D eigenvalue weighted by molar-refractivity contribution is 6.06. The zero-order valence-corrected chi connectivity index (χ0v) is 11.7. The zero-order chi connectivity index (χ0) is 15.0. The molecular formula is C16H14FN3O. The normalized spacial score (nSPS) is 10.8. The maximum absolute atomic E-state index is 13.2. The number of halogens is 1. The Morgan fingerprint density at radius 1 is 1.24 bits per heavy atom. The summed E-state index contributed by atoms with van der Waals surface area (Å²) in [5, 5.41) is 0. The standard InChI is InChI=1S/C16H14FN3O/c1-10-18-14-7-6-13(9-15(14)19-10)20(2)16(21)11-4-3-5-12(17)8-11/h3-9H,1-2H3,(H,18,19). The number of aromatic nitrogens is 2. The fourth-order valence-corrected chi connectivity index (χ4v) is 2.27. The van der Waals surface area contributed by atoms with Gasteiger partial charge in [0.1, 0.15) is 11.6 Å². The molecule has 0 aliphatic carbocycles. The Kier molecular flexibility index (Phi) is 3.17. The number of hydrogen-bond acceptors (Lipinski definition) is 2. The van der Waals surface area contributed by atoms with Crippen molar-refractivity contribution in [2.24, 2.45) is 0 Å². The van der Waals surface area contributed by atoms with Crippen LogP contribution in [0.1, 0.15) is 16.2 Å². The lowest BCUT2D eigenvalue weighted by Crippen LogP contribution is -2.26. The summed E-state index contributed by atoms with van der Waals surface area (Å²) in [4.78, 5) is 21.3. The Labute approximate surface area is 121 Å². The number of aryl methyl sites for hydroxylation is 1. The molecule has 0 saturated heterocycles. The number of H-pyrrole nitrogens is 1. The SMILES string of the molecule is Cc1nc2ccc(N(C)C(=O)c3cccc(F)c3)cc2[nH]1. The highest BCUT2D eigenvalue weighted by Crippen LogP contribution is 2.21. The molecule has 0 fully saturated rings. The van der Waals surface area contributed by atoms with E-state index in [1.165, 1.54) is 23.1 Å². The van der Waals surface area contributed by atoms with Gasteiger partial charge >= 0.3 is 0 Å². The summed E-state index contributed by atoms with van der Waals surface area (Å²) >= 11 is 0. The first-order chi connectivity index (χ1) is 10.0. The first kappa shape index (κ1) is 13.3. The van der Waals surface area contributed by atoms with Crippen LogP contribution < -0.4 is 4.90 Å². The van der Waals surface area contributed by atoms with Gasteiger partial charge in [-0.2, -0.15) is 0 Å². The van der Waals surface area contributed by atoms with Gasteiger partial charge in [0.2, 0.25) is 0 Å². The lowest BCUT2D eigenvalue weighted by atomic mass is 10.2. The molecule has 106 valence electrons. The number of carbonyl (C=O) groups excluding carboxylic acids is 1. The topological polar surface area (TPSA) is 49.0 Å². The molecule has 0 atom stereocenters. The van der Waals surface area contributed by atoms with Crippen molar-refractivity contribution < 1.29 is 9.18 Å². The summed E-state index contributed by atoms with van der Waals surface area (Å²) in [6.45, 7) is 1.88. The van der Waals surface area contributed by atoms with Crippen molar-refractivity contribution in [1.29, 1.82) is 0 Å². The second kappa shape index (κ2) is 5.01. The van der Waals surface area contributed by atoms with Gasteiger partial charge in [-0.1, -0.05) is 6.07 Å². The van der Waals surface area contributed by atoms with Crippen LogP contribution in [0.25, 0.3) is 11.0 Å². The Balaban J connectivity index is 1.95. The van der Waals surface area contributed by atoms with E-state index in [9.17, 15) is 9.18 Å². The number of benzene rings is 2. The van der Waals surface area contributed by atoms with Gasteiger partial charge in [-0.15, -0.1) is 0 Å². The molecule has 0 spiro atoms. The first-order valence-electron chi connectivity index (χ1n) is 6.54. The van der Waals surface area contributed by atoms with Crippen LogP contribution in [-0.4, -0.2) is 22.9 Å². The molecule has 0 saturated carbocycles. The molecule has 0 aliphatic heterocycles. The Hall–Kier alpha value is -2.69. The summed E-state index contributed by atoms with van der Waals surface area (Å²) < 4.78 is 13.2. The molecule has 5 heteroatoms. The minimum atomic E-state index is -0.422. The van der Waals surface area contributed by atoms with E-state index in [2.05, 4.69) is 9.97 Å². The number of fused-ring (bicyclic) bond motifs is 1. The lowest BCUT2D eigenvalue weighted by molar-refractivity contribution is 0.0992. The predicted octanol–water partition coefficient (Wildman–Crippen LogP) is 3.29. The smallest absolute Gasteiger partial charge is 0.258 e. The van der Waals surface area contributed by atoms with Gasteiger partial charge < -0.3 is 9.88 Å². The molecule has 0 bridgehead atoms. The molecule has 1 amide bonds. The number of carbonyl (C=O) groups is 1. The van der Waals surface area contributed by atoms with Crippen molar-refractivity contribution in [2.75, 3.05) is 11.9 Å². The van der Waals surface area contributed by atoms with Crippen LogP contribution in [0.4, 0.5) is 10.1 Å². The van der Waals surface area contributed by atoms with Crippen LogP contribution in [-0.2, 0) is 0 Å². The predicted molar refractivity (Wildman–Crippen MR) is 80.0 cm³/mol. The number of anilines is 1. The second-order valence-electron chi connectivity index (χ2n) is 4.90. The number of amides is 1. The van der Waals surface area contributed by atoms with E-state index in [1.807, 2.05) is 25.1 Å². The molecular weight excluding hydrogens is 269 g/mol. The van der Waals surface area contributed by atoms with Gasteiger partial charge in [0.05, 0.1) is 11.0 Å². The third-order valence-corrected chi connectivity index (χ3v) is 3.35. The maximum atomic E-state index is 13.2. The number of hydrogen-bond donors (Lipinski definition) is 1. The first-order valence-corrected chi connectivity index (χ1v) is 6.54. The van der Waals surface area contributed by atoms with Crippen molar-refractivity contribution in [1.82, 2.24) is 9.97 Å². The van der Waals surface area contributed by atoms with Crippen LogP contribution in [0.15, 0.2) is 42.5 Å². The van der Waals surface area contributed by atoms with Crippen molar-refractivity contribution in [3.63, 3.8) is 0 Å². The maximum Gasteiger partial charge on any atom is 0.258 e. The third kappa shape index (κ3) is 2.50. The minimum absolute atomic E-state index is 0.259. The van der Waals surface area contributed by atoms with E-state index in [-0.39, 0.29) is 5.91 Å². The van der Waals surface area contributed by atoms with E-state index in [0.717, 1.165) is 22.5 Å². The van der Waals surface area contributed by atoms with Crippen molar-refractivity contribution in [2.45, 2.75) is 6.92 Å². The summed E-state index contributed by atoms with van der Waals surface area (Å²) in [7, 11) is 1.66. The molecule has 4 nitrogen and oxygen atoms in total. The molecule has 3 rings (SSSR count). The average molecular weight is 283 g/mol. The van der Waals surface area contributed by atoms with Gasteiger partial charge in [0.25, 0.3) is 5.91 Å². The molecule has 0 unspecified atom stereocenters. The van der Waals surface area contributed by atoms with Crippen LogP contribution in [0, 0.1) is 12.7 Å². The van der Waals surface area contributed by atoms with Gasteiger partial charge in [0.15, 0.2) is 0 Å². The number of nitrogens with one attached hydrogen (secondary N) is 1. The van der Waals surface area contributed by atoms with E-state index in [1.54, 1.807) is 13.1 Å². The number of aromatic amines is 1. The van der Waals surface area contributed by atoms with Crippen LogP contribution in [0.2, 0.25) is 0 Å². The number of nitrogens with zero attached hydrogens (tertiary/aromatic N) is 2. The van der Waals surface area contributed by atoms with Crippen LogP contribution >= 0.6 is 0 Å². The van der Waals surface area contributed by atoms with Gasteiger partial charge in [0, 0.05) is 18.3 Å². The Morgan fingerprint density at radius 3 is 2.81 bits per heavy atom. The molecule has 3 aromatic rings. The van der Waals surface area contributed by atoms with E-state index < -0.39 is 5.82 Å². The Morgan fingerprint density at radius 2 is 2.05 bits per heavy atom. The van der Waals surface area contributed by atoms with E-state index in [0.29, 0.717) is 5.56 Å². The molecule has 0 aliphatic rings. The zero-order valence-electron chi connectivity index (χ0n) is 11.7. The Bertz CT molecular complexity index is 825. The molecule has 1 aromatic heterocycles. The third-order valence-electron chi connectivity index (χ3n) is 3.35. The van der Waals surface area contributed by atoms with Crippen molar-refractivity contribution in [3.8, 4) is 0 Å². The minimum Gasteiger partial charge on any atom is -0.342 e. The lowest BCUT2D eigenvalue weighted by Gasteiger charge is -2.17. The monoisotopic (exact) mass is 283 g/mol. The van der Waals surface area contributed by atoms with Crippen LogP contribution in [0.3, 0.4) is 0 Å². The van der Waals surface area contributed by atoms with Gasteiger partial charge in [-0.3, -0.25) is 4.79 Å². The highest BCUT2D eigenvalue weighted by Gasteiger charge is 2.14. The van der Waals surface area contributed by atoms with Crippen LogP contribution in [0.5, 0.6) is 0 Å². The van der Waals surface area contributed by atoms with E-state index in [4.69, 9.17) is 0 Å². The summed E-state index contributed by atoms with van der Waals surface area (Å²) in [5.74, 6) is 0.139. The molecule has 2 aromatic carbocycles. The van der Waals surface area contributed by atoms with Gasteiger partial charge in [-0.25, -0.2) is 9.37 Å². The summed E-state index contributed by atoms with van der Waals surface area (Å²) in [6.07, 6.45) is 0. The van der Waals surface area contributed by atoms with Gasteiger partial charge in [-0.05, 0) is 43.3 Å². The molecule has 1 N–H and O–H groups in total. The molecule has 0 radical (unpaired) electrons. The summed E-state index contributed by atoms with van der Waals surface area (Å²) in [5.41, 5.74) is 2.76. The van der Waals surface area contributed by atoms with E-state index >= 15 is 0 Å². The fraction of sp³-hybridized carbons (Fsp3) is 0.125. The number of imidazole rings is 1. The fourth-order valence-electron chi connectivity index (χ4n) is 2.27. The molecule has 21 heavy (non-hydrogen) atoms.